The average Bonchev–Trinajstić information content (AvgIpc) is 2.83. The Balaban J connectivity index is 1.36. The van der Waals surface area contributed by atoms with E-state index in [1.165, 1.54) is 24.7 Å². The van der Waals surface area contributed by atoms with E-state index in [1.807, 2.05) is 0 Å². The molecule has 32 heavy (non-hydrogen) atoms. The number of anilines is 1. The van der Waals surface area contributed by atoms with Gasteiger partial charge in [0, 0.05) is 49.2 Å². The second-order valence-corrected chi connectivity index (χ2v) is 7.60. The lowest BCUT2D eigenvalue weighted by Gasteiger charge is -2.31. The van der Waals surface area contributed by atoms with Crippen LogP contribution in [-0.2, 0) is 6.54 Å². The summed E-state index contributed by atoms with van der Waals surface area (Å²) in [4.78, 5) is 39.2. The van der Waals surface area contributed by atoms with Gasteiger partial charge in [-0.1, -0.05) is 18.2 Å². The van der Waals surface area contributed by atoms with Crippen molar-refractivity contribution in [2.45, 2.75) is 25.3 Å². The van der Waals surface area contributed by atoms with Crippen LogP contribution in [0.15, 0.2) is 55.0 Å². The molecule has 1 aromatic carbocycles. The molecule has 0 radical (unpaired) electrons. The number of carbonyl (C=O) groups is 2. The lowest BCUT2D eigenvalue weighted by Crippen LogP contribution is -2.38. The molecule has 0 aliphatic carbocycles. The summed E-state index contributed by atoms with van der Waals surface area (Å²) in [5.74, 6) is -0.649. The highest BCUT2D eigenvalue weighted by atomic mass is 19.1. The first-order valence-electron chi connectivity index (χ1n) is 10.4. The van der Waals surface area contributed by atoms with Crippen LogP contribution in [0.25, 0.3) is 0 Å². The summed E-state index contributed by atoms with van der Waals surface area (Å²) in [6.45, 7) is 1.21. The second-order valence-electron chi connectivity index (χ2n) is 7.60. The lowest BCUT2D eigenvalue weighted by atomic mass is 9.92. The van der Waals surface area contributed by atoms with Gasteiger partial charge in [-0.15, -0.1) is 0 Å². The number of likely N-dealkylation sites (tertiary alicyclic amines) is 1. The normalized spacial score (nSPS) is 14.2. The molecule has 2 amide bonds. The molecule has 1 saturated heterocycles. The Morgan fingerprint density at radius 2 is 1.91 bits per heavy atom. The number of nitrogens with one attached hydrogen (secondary N) is 1. The van der Waals surface area contributed by atoms with Crippen LogP contribution in [0.2, 0.25) is 0 Å². The van der Waals surface area contributed by atoms with Gasteiger partial charge in [0.2, 0.25) is 0 Å². The first-order valence-corrected chi connectivity index (χ1v) is 10.4. The minimum absolute atomic E-state index is 0.0605. The summed E-state index contributed by atoms with van der Waals surface area (Å²) < 4.78 is 13.7. The van der Waals surface area contributed by atoms with Crippen molar-refractivity contribution in [1.29, 1.82) is 0 Å². The summed E-state index contributed by atoms with van der Waals surface area (Å²) in [6, 6.07) is 9.70. The third kappa shape index (κ3) is 4.72. The van der Waals surface area contributed by atoms with E-state index in [0.717, 1.165) is 18.5 Å². The van der Waals surface area contributed by atoms with Gasteiger partial charge in [-0.2, -0.15) is 0 Å². The van der Waals surface area contributed by atoms with E-state index in [9.17, 15) is 14.0 Å². The van der Waals surface area contributed by atoms with Crippen LogP contribution >= 0.6 is 0 Å². The van der Waals surface area contributed by atoms with Crippen LogP contribution in [0.1, 0.15) is 50.9 Å². The van der Waals surface area contributed by atoms with Crippen molar-refractivity contribution in [3.05, 3.63) is 83.3 Å². The van der Waals surface area contributed by atoms with Crippen LogP contribution in [-0.4, -0.2) is 44.8 Å². The number of piperidine rings is 1. The van der Waals surface area contributed by atoms with Gasteiger partial charge >= 0.3 is 0 Å². The van der Waals surface area contributed by atoms with Crippen molar-refractivity contribution in [3.63, 3.8) is 0 Å². The Bertz CT molecular complexity index is 1120. The van der Waals surface area contributed by atoms with Crippen molar-refractivity contribution in [2.24, 2.45) is 0 Å². The van der Waals surface area contributed by atoms with Gasteiger partial charge in [0.25, 0.3) is 11.8 Å². The number of aromatic nitrogens is 3. The molecule has 1 aliphatic heterocycles. The van der Waals surface area contributed by atoms with Crippen LogP contribution in [0.4, 0.5) is 10.2 Å². The number of nitrogens with two attached hydrogens (primary N) is 1. The lowest BCUT2D eigenvalue weighted by molar-refractivity contribution is 0.0705. The van der Waals surface area contributed by atoms with E-state index in [-0.39, 0.29) is 35.6 Å². The van der Waals surface area contributed by atoms with Gasteiger partial charge in [-0.05, 0) is 31.0 Å². The van der Waals surface area contributed by atoms with E-state index in [1.54, 1.807) is 35.2 Å². The van der Waals surface area contributed by atoms with Gasteiger partial charge < -0.3 is 16.0 Å². The summed E-state index contributed by atoms with van der Waals surface area (Å²) >= 11 is 0. The van der Waals surface area contributed by atoms with E-state index in [0.29, 0.717) is 24.3 Å². The molecule has 3 heterocycles. The van der Waals surface area contributed by atoms with E-state index < -0.39 is 5.91 Å². The highest BCUT2D eigenvalue weighted by Crippen LogP contribution is 2.28. The molecular weight excluding hydrogens is 411 g/mol. The molecule has 0 saturated carbocycles. The fourth-order valence-corrected chi connectivity index (χ4v) is 3.77. The van der Waals surface area contributed by atoms with Crippen molar-refractivity contribution in [2.75, 3.05) is 18.8 Å². The minimum Gasteiger partial charge on any atom is -0.383 e. The molecule has 1 aliphatic rings. The third-order valence-electron chi connectivity index (χ3n) is 5.57. The number of rotatable bonds is 5. The first-order chi connectivity index (χ1) is 15.5. The van der Waals surface area contributed by atoms with Gasteiger partial charge in [-0.25, -0.2) is 14.4 Å². The zero-order valence-electron chi connectivity index (χ0n) is 17.4. The van der Waals surface area contributed by atoms with Gasteiger partial charge in [0.1, 0.15) is 17.3 Å². The van der Waals surface area contributed by atoms with Crippen LogP contribution in [0.5, 0.6) is 0 Å². The monoisotopic (exact) mass is 434 g/mol. The van der Waals surface area contributed by atoms with Gasteiger partial charge in [0.15, 0.2) is 0 Å². The van der Waals surface area contributed by atoms with Crippen molar-refractivity contribution < 1.29 is 14.0 Å². The molecule has 1 fully saturated rings. The summed E-state index contributed by atoms with van der Waals surface area (Å²) in [5, 5.41) is 2.68. The van der Waals surface area contributed by atoms with E-state index >= 15 is 0 Å². The van der Waals surface area contributed by atoms with Crippen LogP contribution < -0.4 is 11.1 Å². The molecule has 4 rings (SSSR count). The molecule has 0 spiro atoms. The number of hydrogen-bond acceptors (Lipinski definition) is 6. The van der Waals surface area contributed by atoms with E-state index in [2.05, 4.69) is 20.3 Å². The minimum atomic E-state index is -0.408. The molecule has 8 nitrogen and oxygen atoms in total. The number of nitrogen functional groups attached to an aromatic ring is 1. The number of halogens is 1. The number of amides is 2. The number of nitrogens with zero attached hydrogens (tertiary/aromatic N) is 4. The molecular formula is C23H23FN6O2. The standard InChI is InChI=1S/C23H23FN6O2/c24-18-4-2-1-3-16(18)13-28-22(31)17-5-6-19(29-21(17)25)15-7-11-30(12-8-15)23(32)20-14-26-9-10-27-20/h1-6,9-10,14-15H,7-8,11-13H2,(H2,25,29)(H,28,31). The van der Waals surface area contributed by atoms with Crippen LogP contribution in [0.3, 0.4) is 0 Å². The summed E-state index contributed by atoms with van der Waals surface area (Å²) in [7, 11) is 0. The average molecular weight is 434 g/mol. The maximum atomic E-state index is 13.7. The first kappa shape index (κ1) is 21.4. The number of hydrogen-bond donors (Lipinski definition) is 2. The second kappa shape index (κ2) is 9.51. The predicted octanol–water partition coefficient (Wildman–Crippen LogP) is 2.54. The fraction of sp³-hybridized carbons (Fsp3) is 0.261. The zero-order valence-corrected chi connectivity index (χ0v) is 17.4. The maximum Gasteiger partial charge on any atom is 0.274 e. The van der Waals surface area contributed by atoms with Crippen molar-refractivity contribution >= 4 is 17.6 Å². The van der Waals surface area contributed by atoms with Gasteiger partial charge in [-0.3, -0.25) is 14.6 Å². The Hall–Kier alpha value is -3.88. The van der Waals surface area contributed by atoms with E-state index in [4.69, 9.17) is 5.73 Å². The largest absolute Gasteiger partial charge is 0.383 e. The molecule has 2 aromatic heterocycles. The third-order valence-corrected chi connectivity index (χ3v) is 5.57. The quantitative estimate of drug-likeness (QED) is 0.638. The Kier molecular flexibility index (Phi) is 6.34. The fourth-order valence-electron chi connectivity index (χ4n) is 3.77. The smallest absolute Gasteiger partial charge is 0.274 e. The predicted molar refractivity (Wildman–Crippen MR) is 116 cm³/mol. The Labute approximate surface area is 184 Å². The highest BCUT2D eigenvalue weighted by molar-refractivity contribution is 5.98. The molecule has 0 atom stereocenters. The molecule has 164 valence electrons. The number of pyridine rings is 1. The summed E-state index contributed by atoms with van der Waals surface area (Å²) in [6.07, 6.45) is 5.96. The zero-order chi connectivity index (χ0) is 22.5. The van der Waals surface area contributed by atoms with Crippen molar-refractivity contribution in [1.82, 2.24) is 25.2 Å². The molecule has 0 unspecified atom stereocenters. The Morgan fingerprint density at radius 3 is 2.59 bits per heavy atom. The number of carbonyl (C=O) groups excluding carboxylic acids is 2. The van der Waals surface area contributed by atoms with Crippen molar-refractivity contribution in [3.8, 4) is 0 Å². The molecule has 0 bridgehead atoms. The number of benzene rings is 1. The van der Waals surface area contributed by atoms with Crippen LogP contribution in [0, 0.1) is 5.82 Å². The molecule has 9 heteroatoms. The molecule has 3 N–H and O–H groups in total. The highest BCUT2D eigenvalue weighted by Gasteiger charge is 2.26. The Morgan fingerprint density at radius 1 is 1.12 bits per heavy atom. The SMILES string of the molecule is Nc1nc(C2CCN(C(=O)c3cnccn3)CC2)ccc1C(=O)NCc1ccccc1F. The summed E-state index contributed by atoms with van der Waals surface area (Å²) in [5.41, 5.74) is 7.82. The van der Waals surface area contributed by atoms with Gasteiger partial charge in [0.05, 0.1) is 11.8 Å². The topological polar surface area (TPSA) is 114 Å². The molecule has 3 aromatic rings. The maximum absolute atomic E-state index is 13.7.